The number of nitrogens with one attached hydrogen (secondary N) is 1. The lowest BCUT2D eigenvalue weighted by Crippen LogP contribution is -2.37. The van der Waals surface area contributed by atoms with Crippen molar-refractivity contribution in [2.45, 2.75) is 19.4 Å². The van der Waals surface area contributed by atoms with E-state index in [1.807, 2.05) is 18.2 Å². The van der Waals surface area contributed by atoms with E-state index in [2.05, 4.69) is 10.2 Å². The maximum atomic E-state index is 12.6. The van der Waals surface area contributed by atoms with Gasteiger partial charge in [0, 0.05) is 18.2 Å². The molecule has 5 nitrogen and oxygen atoms in total. The molecular weight excluding hydrogens is 399 g/mol. The molecule has 0 radical (unpaired) electrons. The molecule has 1 fully saturated rings. The fourth-order valence-electron chi connectivity index (χ4n) is 3.34. The predicted octanol–water partition coefficient (Wildman–Crippen LogP) is 4.63. The maximum Gasteiger partial charge on any atom is 0.337 e. The van der Waals surface area contributed by atoms with Crippen molar-refractivity contribution in [2.24, 2.45) is 5.92 Å². The first-order valence-electron chi connectivity index (χ1n) is 9.12. The average Bonchev–Trinajstić information content (AvgIpc) is 2.71. The Morgan fingerprint density at radius 1 is 1.11 bits per heavy atom. The van der Waals surface area contributed by atoms with Gasteiger partial charge >= 0.3 is 5.97 Å². The number of carbonyl (C=O) groups is 2. The second-order valence-electron chi connectivity index (χ2n) is 6.86. The van der Waals surface area contributed by atoms with Crippen LogP contribution in [0.1, 0.15) is 28.8 Å². The highest BCUT2D eigenvalue weighted by Gasteiger charge is 2.25. The molecule has 0 aromatic heterocycles. The van der Waals surface area contributed by atoms with E-state index < -0.39 is 5.97 Å². The quantitative estimate of drug-likeness (QED) is 0.716. The summed E-state index contributed by atoms with van der Waals surface area (Å²) >= 11 is 12.0. The van der Waals surface area contributed by atoms with E-state index >= 15 is 0 Å². The van der Waals surface area contributed by atoms with Crippen molar-refractivity contribution in [3.8, 4) is 0 Å². The molecule has 28 heavy (non-hydrogen) atoms. The van der Waals surface area contributed by atoms with Gasteiger partial charge in [0.25, 0.3) is 0 Å². The van der Waals surface area contributed by atoms with Gasteiger partial charge in [-0.1, -0.05) is 35.3 Å². The Bertz CT molecular complexity index is 864. The lowest BCUT2D eigenvalue weighted by atomic mass is 9.95. The van der Waals surface area contributed by atoms with Crippen molar-refractivity contribution in [2.75, 3.05) is 25.5 Å². The number of likely N-dealkylation sites (tertiary alicyclic amines) is 1. The Morgan fingerprint density at radius 2 is 1.86 bits per heavy atom. The molecular formula is C21H22Cl2N2O3. The van der Waals surface area contributed by atoms with Gasteiger partial charge < -0.3 is 10.1 Å². The molecule has 148 valence electrons. The Morgan fingerprint density at radius 3 is 2.54 bits per heavy atom. The van der Waals surface area contributed by atoms with Crippen LogP contribution in [0, 0.1) is 5.92 Å². The minimum atomic E-state index is -0.424. The molecule has 2 aromatic rings. The highest BCUT2D eigenvalue weighted by molar-refractivity contribution is 6.42. The van der Waals surface area contributed by atoms with Crippen molar-refractivity contribution in [1.82, 2.24) is 4.90 Å². The average molecular weight is 421 g/mol. The molecule has 1 aliphatic heterocycles. The number of ether oxygens (including phenoxy) is 1. The Labute approximate surface area is 174 Å². The minimum absolute atomic E-state index is 0.0174. The zero-order chi connectivity index (χ0) is 20.1. The zero-order valence-corrected chi connectivity index (χ0v) is 17.1. The van der Waals surface area contributed by atoms with E-state index in [4.69, 9.17) is 27.9 Å². The summed E-state index contributed by atoms with van der Waals surface area (Å²) in [4.78, 5) is 26.5. The molecule has 0 aliphatic carbocycles. The zero-order valence-electron chi connectivity index (χ0n) is 15.6. The number of hydrogen-bond donors (Lipinski definition) is 1. The second-order valence-corrected chi connectivity index (χ2v) is 7.67. The third-order valence-electron chi connectivity index (χ3n) is 4.90. The first kappa shape index (κ1) is 20.6. The summed E-state index contributed by atoms with van der Waals surface area (Å²) in [7, 11) is 1.33. The topological polar surface area (TPSA) is 58.6 Å². The molecule has 7 heteroatoms. The number of carbonyl (C=O) groups excluding carboxylic acids is 2. The number of anilines is 1. The standard InChI is InChI=1S/C21H22Cl2N2O3/c1-28-21(27)16-3-2-4-17(12-16)24-20(26)15-7-9-25(10-8-15)13-14-5-6-18(22)19(23)11-14/h2-6,11-12,15H,7-10,13H2,1H3,(H,24,26). The highest BCUT2D eigenvalue weighted by Crippen LogP contribution is 2.25. The highest BCUT2D eigenvalue weighted by atomic mass is 35.5. The summed E-state index contributed by atoms with van der Waals surface area (Å²) in [6.45, 7) is 2.45. The normalized spacial score (nSPS) is 15.2. The first-order valence-corrected chi connectivity index (χ1v) is 9.87. The van der Waals surface area contributed by atoms with Gasteiger partial charge in [-0.05, 0) is 61.8 Å². The second kappa shape index (κ2) is 9.41. The summed E-state index contributed by atoms with van der Waals surface area (Å²) in [5.41, 5.74) is 2.12. The fraction of sp³-hybridized carbons (Fsp3) is 0.333. The third-order valence-corrected chi connectivity index (χ3v) is 5.64. The summed E-state index contributed by atoms with van der Waals surface area (Å²) in [5, 5.41) is 4.02. The van der Waals surface area contributed by atoms with Gasteiger partial charge in [-0.2, -0.15) is 0 Å². The van der Waals surface area contributed by atoms with Gasteiger partial charge in [0.1, 0.15) is 0 Å². The number of methoxy groups -OCH3 is 1. The van der Waals surface area contributed by atoms with Crippen LogP contribution in [0.15, 0.2) is 42.5 Å². The van der Waals surface area contributed by atoms with Crippen molar-refractivity contribution in [3.05, 3.63) is 63.6 Å². The van der Waals surface area contributed by atoms with Crippen LogP contribution in [-0.2, 0) is 16.1 Å². The SMILES string of the molecule is COC(=O)c1cccc(NC(=O)C2CCN(Cc3ccc(Cl)c(Cl)c3)CC2)c1. The molecule has 2 aromatic carbocycles. The fourth-order valence-corrected chi connectivity index (χ4v) is 3.66. The molecule has 0 unspecified atom stereocenters. The molecule has 3 rings (SSSR count). The van der Waals surface area contributed by atoms with Crippen LogP contribution in [0.3, 0.4) is 0 Å². The monoisotopic (exact) mass is 420 g/mol. The Kier molecular flexibility index (Phi) is 6.94. The molecule has 1 N–H and O–H groups in total. The molecule has 1 aliphatic rings. The lowest BCUT2D eigenvalue weighted by molar-refractivity contribution is -0.121. The van der Waals surface area contributed by atoms with Gasteiger partial charge in [0.2, 0.25) is 5.91 Å². The van der Waals surface area contributed by atoms with E-state index in [0.717, 1.165) is 38.0 Å². The number of nitrogens with zero attached hydrogens (tertiary/aromatic N) is 1. The van der Waals surface area contributed by atoms with Gasteiger partial charge in [0.05, 0.1) is 22.7 Å². The number of benzene rings is 2. The predicted molar refractivity (Wildman–Crippen MR) is 111 cm³/mol. The van der Waals surface area contributed by atoms with Gasteiger partial charge in [-0.15, -0.1) is 0 Å². The third kappa shape index (κ3) is 5.25. The van der Waals surface area contributed by atoms with Crippen molar-refractivity contribution >= 4 is 40.8 Å². The summed E-state index contributed by atoms with van der Waals surface area (Å²) in [6, 6.07) is 12.4. The molecule has 1 heterocycles. The molecule has 0 atom stereocenters. The van der Waals surface area contributed by atoms with Crippen LogP contribution in [0.5, 0.6) is 0 Å². The number of halogens is 2. The maximum absolute atomic E-state index is 12.6. The van der Waals surface area contributed by atoms with Crippen LogP contribution in [-0.4, -0.2) is 37.0 Å². The van der Waals surface area contributed by atoms with Crippen molar-refractivity contribution in [1.29, 1.82) is 0 Å². The van der Waals surface area contributed by atoms with E-state index in [0.29, 0.717) is 21.3 Å². The number of hydrogen-bond acceptors (Lipinski definition) is 4. The molecule has 0 bridgehead atoms. The van der Waals surface area contributed by atoms with Crippen LogP contribution in [0.25, 0.3) is 0 Å². The molecule has 1 saturated heterocycles. The van der Waals surface area contributed by atoms with Crippen LogP contribution < -0.4 is 5.32 Å². The van der Waals surface area contributed by atoms with Gasteiger partial charge in [-0.3, -0.25) is 9.69 Å². The Balaban J connectivity index is 1.52. The van der Waals surface area contributed by atoms with Gasteiger partial charge in [-0.25, -0.2) is 4.79 Å². The van der Waals surface area contributed by atoms with Crippen LogP contribution in [0.4, 0.5) is 5.69 Å². The summed E-state index contributed by atoms with van der Waals surface area (Å²) < 4.78 is 4.71. The van der Waals surface area contributed by atoms with E-state index in [9.17, 15) is 9.59 Å². The minimum Gasteiger partial charge on any atom is -0.465 e. The molecule has 0 saturated carbocycles. The van der Waals surface area contributed by atoms with Crippen LogP contribution in [0.2, 0.25) is 10.0 Å². The van der Waals surface area contributed by atoms with Crippen LogP contribution >= 0.6 is 23.2 Å². The number of amides is 1. The van der Waals surface area contributed by atoms with Gasteiger partial charge in [0.15, 0.2) is 0 Å². The van der Waals surface area contributed by atoms with E-state index in [1.165, 1.54) is 7.11 Å². The largest absolute Gasteiger partial charge is 0.465 e. The number of esters is 1. The molecule has 1 amide bonds. The Hall–Kier alpha value is -2.08. The first-order chi connectivity index (χ1) is 13.5. The number of rotatable bonds is 5. The van der Waals surface area contributed by atoms with E-state index in [-0.39, 0.29) is 11.8 Å². The summed E-state index contributed by atoms with van der Waals surface area (Å²) in [6.07, 6.45) is 1.56. The van der Waals surface area contributed by atoms with Crippen molar-refractivity contribution < 1.29 is 14.3 Å². The van der Waals surface area contributed by atoms with Crippen molar-refractivity contribution in [3.63, 3.8) is 0 Å². The number of piperidine rings is 1. The lowest BCUT2D eigenvalue weighted by Gasteiger charge is -2.31. The molecule has 0 spiro atoms. The smallest absolute Gasteiger partial charge is 0.337 e. The summed E-state index contributed by atoms with van der Waals surface area (Å²) in [5.74, 6) is -0.491. The van der Waals surface area contributed by atoms with E-state index in [1.54, 1.807) is 24.3 Å².